The minimum absolute atomic E-state index is 0.0130. The van der Waals surface area contributed by atoms with E-state index in [1.54, 1.807) is 26.5 Å². The molecule has 8 heteroatoms. The van der Waals surface area contributed by atoms with Crippen molar-refractivity contribution in [2.45, 2.75) is 109 Å². The average Bonchev–Trinajstić information content (AvgIpc) is 3.08. The van der Waals surface area contributed by atoms with Crippen molar-refractivity contribution in [1.29, 1.82) is 0 Å². The number of anilines is 1. The number of nitrogens with zero attached hydrogens (tertiary/aromatic N) is 3. The van der Waals surface area contributed by atoms with Crippen molar-refractivity contribution >= 4 is 23.5 Å². The zero-order valence-corrected chi connectivity index (χ0v) is 29.4. The molecule has 2 N–H and O–H groups in total. The largest absolute Gasteiger partial charge is 0.505 e. The second-order valence-electron chi connectivity index (χ2n) is 14.7. The molecule has 4 fully saturated rings. The van der Waals surface area contributed by atoms with Crippen LogP contribution in [-0.2, 0) is 14.9 Å². The van der Waals surface area contributed by atoms with Gasteiger partial charge in [0.15, 0.2) is 0 Å². The minimum Gasteiger partial charge on any atom is -0.505 e. The second-order valence-corrected chi connectivity index (χ2v) is 14.7. The van der Waals surface area contributed by atoms with Gasteiger partial charge in [0.25, 0.3) is 0 Å². The van der Waals surface area contributed by atoms with Crippen LogP contribution in [0, 0.1) is 24.1 Å². The highest BCUT2D eigenvalue weighted by Gasteiger charge is 2.50. The summed E-state index contributed by atoms with van der Waals surface area (Å²) in [4.78, 5) is 25.2. The van der Waals surface area contributed by atoms with Crippen LogP contribution < -0.4 is 15.4 Å². The van der Waals surface area contributed by atoms with Crippen molar-refractivity contribution in [1.82, 2.24) is 4.98 Å². The average molecular weight is 647 g/mol. The fourth-order valence-corrected chi connectivity index (χ4v) is 7.58. The van der Waals surface area contributed by atoms with E-state index in [-0.39, 0.29) is 28.2 Å². The van der Waals surface area contributed by atoms with Crippen molar-refractivity contribution in [2.75, 3.05) is 25.7 Å². The lowest BCUT2D eigenvalue weighted by Gasteiger charge is -2.55. The lowest BCUT2D eigenvalue weighted by atomic mass is 9.51. The van der Waals surface area contributed by atoms with E-state index in [0.29, 0.717) is 23.5 Å². The van der Waals surface area contributed by atoms with Crippen molar-refractivity contribution in [3.63, 3.8) is 0 Å². The first-order valence-corrected chi connectivity index (χ1v) is 17.1. The Hall–Kier alpha value is -3.68. The van der Waals surface area contributed by atoms with Gasteiger partial charge >= 0.3 is 0 Å². The third-order valence-electron chi connectivity index (χ3n) is 10.5. The molecule has 0 aliphatic heterocycles. The molecule has 256 valence electrons. The summed E-state index contributed by atoms with van der Waals surface area (Å²) < 4.78 is 25.0. The van der Waals surface area contributed by atoms with Gasteiger partial charge in [0.05, 0.1) is 32.2 Å². The zero-order chi connectivity index (χ0) is 34.2. The third kappa shape index (κ3) is 8.62. The smallest absolute Gasteiger partial charge is 0.231 e. The summed E-state index contributed by atoms with van der Waals surface area (Å²) >= 11 is 0. The number of aryl methyl sites for hydroxylation is 1. The molecule has 2 bridgehead atoms. The number of allylic oxidation sites excluding steroid dienone is 1. The number of pyridine rings is 1. The summed E-state index contributed by atoms with van der Waals surface area (Å²) in [5.41, 5.74) is 9.24. The SMILES string of the molecule is C=COC.COc1ccc(C23CCC(CN(C(=O)C4CCCCC4)c4cc(/C(C=NC(C)(C)C)=C/N)c(F)cn4)(CC2)CC3)cc1C. The van der Waals surface area contributed by atoms with Crippen LogP contribution >= 0.6 is 0 Å². The van der Waals surface area contributed by atoms with Crippen molar-refractivity contribution in [3.8, 4) is 5.75 Å². The van der Waals surface area contributed by atoms with E-state index in [4.69, 9.17) is 10.5 Å². The fourth-order valence-electron chi connectivity index (χ4n) is 7.58. The van der Waals surface area contributed by atoms with Gasteiger partial charge in [-0.2, -0.15) is 0 Å². The van der Waals surface area contributed by atoms with E-state index >= 15 is 4.39 Å². The predicted molar refractivity (Wildman–Crippen MR) is 190 cm³/mol. The number of fused-ring (bicyclic) bond motifs is 3. The van der Waals surface area contributed by atoms with Crippen LogP contribution in [0.15, 0.2) is 54.5 Å². The van der Waals surface area contributed by atoms with Crippen LogP contribution in [0.1, 0.15) is 108 Å². The molecule has 1 amide bonds. The van der Waals surface area contributed by atoms with Crippen molar-refractivity contribution in [2.24, 2.45) is 22.1 Å². The summed E-state index contributed by atoms with van der Waals surface area (Å²) in [6.45, 7) is 11.9. The zero-order valence-electron chi connectivity index (χ0n) is 29.4. The molecule has 2 aromatic rings. The summed E-state index contributed by atoms with van der Waals surface area (Å²) in [5.74, 6) is 1.09. The summed E-state index contributed by atoms with van der Waals surface area (Å²) in [7, 11) is 3.29. The molecule has 6 rings (SSSR count). The standard InChI is InChI=1S/C36H49FN4O2.C3H6O/c1-25-19-28(11-12-31(25)43-5)36-16-13-35(14-17-36,15-18-36)24-41(33(42)26-9-7-6-8-10-26)32-20-29(30(37)23-39-32)27(21-38)22-40-34(2,3)4;1-3-4-2/h11-12,19-23,26H,6-10,13-18,24,38H2,1-5H3;3H,1H2,2H3/b27-21+,40-22?;. The Bertz CT molecular complexity index is 1430. The first-order chi connectivity index (χ1) is 22.4. The number of halogens is 1. The van der Waals surface area contributed by atoms with E-state index in [2.05, 4.69) is 46.4 Å². The predicted octanol–water partition coefficient (Wildman–Crippen LogP) is 8.69. The highest BCUT2D eigenvalue weighted by Crippen LogP contribution is 2.58. The van der Waals surface area contributed by atoms with Gasteiger partial charge in [0.2, 0.25) is 5.91 Å². The van der Waals surface area contributed by atoms with Crippen molar-refractivity contribution in [3.05, 3.63) is 72.0 Å². The maximum Gasteiger partial charge on any atom is 0.231 e. The Kier molecular flexibility index (Phi) is 11.9. The van der Waals surface area contributed by atoms with E-state index in [0.717, 1.165) is 70.0 Å². The normalized spacial score (nSPS) is 23.2. The van der Waals surface area contributed by atoms with Crippen molar-refractivity contribution < 1.29 is 18.7 Å². The van der Waals surface area contributed by atoms with E-state index in [1.165, 1.54) is 36.2 Å². The molecule has 1 aromatic heterocycles. The highest BCUT2D eigenvalue weighted by atomic mass is 19.1. The molecule has 4 aliphatic rings. The number of ether oxygens (including phenoxy) is 2. The van der Waals surface area contributed by atoms with Gasteiger partial charge in [0, 0.05) is 36.0 Å². The van der Waals surface area contributed by atoms with Crippen LogP contribution in [0.3, 0.4) is 0 Å². The molecule has 0 atom stereocenters. The molecule has 7 nitrogen and oxygen atoms in total. The van der Waals surface area contributed by atoms with Crippen LogP contribution in [-0.4, -0.2) is 43.4 Å². The van der Waals surface area contributed by atoms with E-state index < -0.39 is 5.82 Å². The number of benzene rings is 1. The van der Waals surface area contributed by atoms with Gasteiger partial charge in [-0.15, -0.1) is 0 Å². The molecule has 0 unspecified atom stereocenters. The number of nitrogens with two attached hydrogens (primary N) is 1. The first-order valence-electron chi connectivity index (χ1n) is 17.1. The van der Waals surface area contributed by atoms with E-state index in [9.17, 15) is 4.79 Å². The number of carbonyl (C=O) groups is 1. The molecular weight excluding hydrogens is 591 g/mol. The maximum absolute atomic E-state index is 15.2. The molecular formula is C39H55FN4O3. The van der Waals surface area contributed by atoms with E-state index in [1.807, 2.05) is 25.7 Å². The number of aliphatic imine (C=N–C) groups is 1. The van der Waals surface area contributed by atoms with Gasteiger partial charge in [-0.1, -0.05) is 38.0 Å². The number of hydrogen-bond acceptors (Lipinski definition) is 6. The van der Waals surface area contributed by atoms with Gasteiger partial charge in [-0.3, -0.25) is 14.7 Å². The highest BCUT2D eigenvalue weighted by molar-refractivity contribution is 6.10. The second kappa shape index (κ2) is 15.5. The van der Waals surface area contributed by atoms with Crippen LogP contribution in [0.25, 0.3) is 5.57 Å². The lowest BCUT2D eigenvalue weighted by Crippen LogP contribution is -2.51. The monoisotopic (exact) mass is 646 g/mol. The first kappa shape index (κ1) is 36.2. The Morgan fingerprint density at radius 1 is 1.11 bits per heavy atom. The maximum atomic E-state index is 15.2. The van der Waals surface area contributed by atoms with Gasteiger partial charge in [-0.05, 0) is 113 Å². The summed E-state index contributed by atoms with van der Waals surface area (Å²) in [5, 5.41) is 0. The Balaban J connectivity index is 0.00000118. The molecule has 47 heavy (non-hydrogen) atoms. The summed E-state index contributed by atoms with van der Waals surface area (Å²) in [6, 6.07) is 8.37. The van der Waals surface area contributed by atoms with Crippen LogP contribution in [0.4, 0.5) is 10.2 Å². The Morgan fingerprint density at radius 3 is 2.28 bits per heavy atom. The van der Waals surface area contributed by atoms with Crippen LogP contribution in [0.5, 0.6) is 5.75 Å². The minimum atomic E-state index is -0.473. The number of rotatable bonds is 9. The molecule has 1 heterocycles. The number of carbonyl (C=O) groups excluding carboxylic acids is 1. The summed E-state index contributed by atoms with van der Waals surface area (Å²) in [6.07, 6.45) is 17.3. The molecule has 4 saturated carbocycles. The molecule has 0 spiro atoms. The van der Waals surface area contributed by atoms with Gasteiger partial charge < -0.3 is 15.2 Å². The van der Waals surface area contributed by atoms with Crippen LogP contribution in [0.2, 0.25) is 0 Å². The topological polar surface area (TPSA) is 90.0 Å². The van der Waals surface area contributed by atoms with Gasteiger partial charge in [0.1, 0.15) is 17.4 Å². The molecule has 0 radical (unpaired) electrons. The Labute approximate surface area is 281 Å². The molecule has 1 aromatic carbocycles. The molecule has 4 aliphatic carbocycles. The van der Waals surface area contributed by atoms with Gasteiger partial charge in [-0.25, -0.2) is 9.37 Å². The quantitative estimate of drug-likeness (QED) is 0.217. The third-order valence-corrected chi connectivity index (χ3v) is 10.5. The lowest BCUT2D eigenvalue weighted by molar-refractivity contribution is -0.124. The molecule has 0 saturated heterocycles. The Morgan fingerprint density at radius 2 is 1.74 bits per heavy atom. The number of amides is 1. The number of methoxy groups -OCH3 is 2. The number of aromatic nitrogens is 1. The fraction of sp³-hybridized carbons (Fsp3) is 0.564. The number of hydrogen-bond donors (Lipinski definition) is 1.